The lowest BCUT2D eigenvalue weighted by Gasteiger charge is -2.40. The van der Waals surface area contributed by atoms with Gasteiger partial charge in [0.1, 0.15) is 0 Å². The number of ether oxygens (including phenoxy) is 2. The Kier molecular flexibility index (Phi) is 4.32. The third-order valence-corrected chi connectivity index (χ3v) is 4.86. The van der Waals surface area contributed by atoms with Gasteiger partial charge in [0.25, 0.3) is 0 Å². The van der Waals surface area contributed by atoms with Crippen molar-refractivity contribution in [1.29, 1.82) is 0 Å². The van der Waals surface area contributed by atoms with E-state index in [-0.39, 0.29) is 5.60 Å². The maximum Gasteiger partial charge on any atom is 0.0940 e. The molecule has 0 aliphatic carbocycles. The van der Waals surface area contributed by atoms with Crippen LogP contribution in [0.3, 0.4) is 0 Å². The highest BCUT2D eigenvalue weighted by Gasteiger charge is 2.42. The zero-order valence-corrected chi connectivity index (χ0v) is 12.7. The molecule has 0 radical (unpaired) electrons. The molecular formula is C16H22ClNO2. The Morgan fingerprint density at radius 2 is 2.10 bits per heavy atom. The third kappa shape index (κ3) is 2.86. The van der Waals surface area contributed by atoms with Crippen LogP contribution in [0.15, 0.2) is 24.3 Å². The summed E-state index contributed by atoms with van der Waals surface area (Å²) in [5.41, 5.74) is 1.27. The van der Waals surface area contributed by atoms with Crippen LogP contribution < -0.4 is 5.32 Å². The molecule has 2 aliphatic rings. The van der Waals surface area contributed by atoms with Gasteiger partial charge in [-0.25, -0.2) is 0 Å². The molecule has 1 aromatic rings. The van der Waals surface area contributed by atoms with Crippen LogP contribution in [-0.2, 0) is 9.47 Å². The van der Waals surface area contributed by atoms with Crippen LogP contribution in [-0.4, -0.2) is 32.5 Å². The summed E-state index contributed by atoms with van der Waals surface area (Å²) in [6, 6.07) is 8.53. The summed E-state index contributed by atoms with van der Waals surface area (Å²) in [5.74, 6) is 0.580. The summed E-state index contributed by atoms with van der Waals surface area (Å²) < 4.78 is 11.6. The van der Waals surface area contributed by atoms with Gasteiger partial charge in [0.15, 0.2) is 0 Å². The number of rotatable bonds is 3. The van der Waals surface area contributed by atoms with Crippen molar-refractivity contribution in [2.75, 3.05) is 26.9 Å². The van der Waals surface area contributed by atoms with Crippen LogP contribution in [0.1, 0.15) is 30.9 Å². The molecule has 20 heavy (non-hydrogen) atoms. The van der Waals surface area contributed by atoms with Gasteiger partial charge in [-0.3, -0.25) is 0 Å². The van der Waals surface area contributed by atoms with Crippen molar-refractivity contribution in [3.05, 3.63) is 34.9 Å². The van der Waals surface area contributed by atoms with E-state index in [2.05, 4.69) is 17.4 Å². The predicted molar refractivity (Wildman–Crippen MR) is 80.1 cm³/mol. The largest absolute Gasteiger partial charge is 0.378 e. The molecule has 3 atom stereocenters. The molecule has 0 saturated carbocycles. The molecular weight excluding hydrogens is 274 g/mol. The number of hydrogen-bond acceptors (Lipinski definition) is 3. The standard InChI is InChI=1S/C16H22ClNO2/c1-18-15(12-2-4-14(17)5-3-12)13-6-8-20-16(10-13)7-9-19-11-16/h2-5,13,15,18H,6-11H2,1H3. The lowest BCUT2D eigenvalue weighted by molar-refractivity contribution is -0.103. The molecule has 2 saturated heterocycles. The third-order valence-electron chi connectivity index (χ3n) is 4.61. The second-order valence-corrected chi connectivity index (χ2v) is 6.34. The van der Waals surface area contributed by atoms with Crippen LogP contribution in [0, 0.1) is 5.92 Å². The lowest BCUT2D eigenvalue weighted by atomic mass is 9.79. The highest BCUT2D eigenvalue weighted by Crippen LogP contribution is 2.40. The summed E-state index contributed by atoms with van der Waals surface area (Å²) in [7, 11) is 2.03. The zero-order valence-electron chi connectivity index (χ0n) is 11.9. The fraction of sp³-hybridized carbons (Fsp3) is 0.625. The molecule has 2 heterocycles. The van der Waals surface area contributed by atoms with E-state index in [1.165, 1.54) is 5.56 Å². The van der Waals surface area contributed by atoms with Crippen LogP contribution in [0.4, 0.5) is 0 Å². The fourth-order valence-corrected chi connectivity index (χ4v) is 3.68. The minimum Gasteiger partial charge on any atom is -0.378 e. The smallest absolute Gasteiger partial charge is 0.0940 e. The maximum absolute atomic E-state index is 6.03. The average molecular weight is 296 g/mol. The van der Waals surface area contributed by atoms with Crippen molar-refractivity contribution in [2.45, 2.75) is 30.9 Å². The minimum absolute atomic E-state index is 0.0373. The van der Waals surface area contributed by atoms with E-state index in [1.807, 2.05) is 19.2 Å². The van der Waals surface area contributed by atoms with Crippen molar-refractivity contribution in [1.82, 2.24) is 5.32 Å². The Morgan fingerprint density at radius 1 is 1.30 bits per heavy atom. The number of halogens is 1. The van der Waals surface area contributed by atoms with Gasteiger partial charge in [-0.15, -0.1) is 0 Å². The first kappa shape index (κ1) is 14.3. The molecule has 3 nitrogen and oxygen atoms in total. The molecule has 4 heteroatoms. The molecule has 0 amide bonds. The van der Waals surface area contributed by atoms with Gasteiger partial charge in [0, 0.05) is 30.7 Å². The Bertz CT molecular complexity index is 442. The van der Waals surface area contributed by atoms with E-state index in [0.29, 0.717) is 12.0 Å². The van der Waals surface area contributed by atoms with Gasteiger partial charge < -0.3 is 14.8 Å². The highest BCUT2D eigenvalue weighted by atomic mass is 35.5. The van der Waals surface area contributed by atoms with Crippen LogP contribution in [0.5, 0.6) is 0 Å². The monoisotopic (exact) mass is 295 g/mol. The van der Waals surface area contributed by atoms with Crippen LogP contribution in [0.2, 0.25) is 5.02 Å². The van der Waals surface area contributed by atoms with E-state index in [0.717, 1.165) is 44.1 Å². The van der Waals surface area contributed by atoms with Gasteiger partial charge in [-0.2, -0.15) is 0 Å². The second-order valence-electron chi connectivity index (χ2n) is 5.90. The summed E-state index contributed by atoms with van der Waals surface area (Å²) in [6.45, 7) is 2.41. The van der Waals surface area contributed by atoms with Gasteiger partial charge in [0.2, 0.25) is 0 Å². The van der Waals surface area contributed by atoms with Gasteiger partial charge in [-0.1, -0.05) is 23.7 Å². The molecule has 1 aromatic carbocycles. The van der Waals surface area contributed by atoms with E-state index in [9.17, 15) is 0 Å². The number of benzene rings is 1. The van der Waals surface area contributed by atoms with Gasteiger partial charge in [-0.05, 0) is 43.5 Å². The zero-order chi connectivity index (χ0) is 14.0. The predicted octanol–water partition coefficient (Wildman–Crippen LogP) is 3.19. The second kappa shape index (κ2) is 6.02. The van der Waals surface area contributed by atoms with Crippen LogP contribution in [0.25, 0.3) is 0 Å². The first-order valence-electron chi connectivity index (χ1n) is 7.37. The van der Waals surface area contributed by atoms with Crippen LogP contribution >= 0.6 is 11.6 Å². The lowest BCUT2D eigenvalue weighted by Crippen LogP contribution is -2.43. The minimum atomic E-state index is -0.0373. The van der Waals surface area contributed by atoms with E-state index >= 15 is 0 Å². The molecule has 1 spiro atoms. The molecule has 0 bridgehead atoms. The topological polar surface area (TPSA) is 30.5 Å². The first-order chi connectivity index (χ1) is 9.72. The Balaban J connectivity index is 1.76. The van der Waals surface area contributed by atoms with Gasteiger partial charge in [0.05, 0.1) is 12.2 Å². The Hall–Kier alpha value is -0.610. The first-order valence-corrected chi connectivity index (χ1v) is 7.75. The normalized spacial score (nSPS) is 31.6. The van der Waals surface area contributed by atoms with E-state index in [1.54, 1.807) is 0 Å². The quantitative estimate of drug-likeness (QED) is 0.929. The fourth-order valence-electron chi connectivity index (χ4n) is 3.56. The van der Waals surface area contributed by atoms with Crippen molar-refractivity contribution >= 4 is 11.6 Å². The molecule has 2 aliphatic heterocycles. The van der Waals surface area contributed by atoms with Crippen molar-refractivity contribution in [2.24, 2.45) is 5.92 Å². The number of hydrogen-bond donors (Lipinski definition) is 1. The summed E-state index contributed by atoms with van der Waals surface area (Å²) >= 11 is 5.99. The summed E-state index contributed by atoms with van der Waals surface area (Å²) in [6.07, 6.45) is 3.19. The van der Waals surface area contributed by atoms with Crippen molar-refractivity contribution in [3.63, 3.8) is 0 Å². The van der Waals surface area contributed by atoms with E-state index < -0.39 is 0 Å². The molecule has 3 unspecified atom stereocenters. The van der Waals surface area contributed by atoms with Gasteiger partial charge >= 0.3 is 0 Å². The maximum atomic E-state index is 6.03. The highest BCUT2D eigenvalue weighted by molar-refractivity contribution is 6.30. The molecule has 3 rings (SSSR count). The molecule has 2 fully saturated rings. The average Bonchev–Trinajstić information content (AvgIpc) is 2.90. The Labute approximate surface area is 125 Å². The summed E-state index contributed by atoms with van der Waals surface area (Å²) in [5, 5.41) is 4.26. The summed E-state index contributed by atoms with van der Waals surface area (Å²) in [4.78, 5) is 0. The van der Waals surface area contributed by atoms with Crippen molar-refractivity contribution in [3.8, 4) is 0 Å². The molecule has 0 aromatic heterocycles. The number of nitrogens with one attached hydrogen (secondary N) is 1. The van der Waals surface area contributed by atoms with Crippen molar-refractivity contribution < 1.29 is 9.47 Å². The molecule has 110 valence electrons. The SMILES string of the molecule is CNC(c1ccc(Cl)cc1)C1CCOC2(CCOC2)C1. The Morgan fingerprint density at radius 3 is 2.75 bits per heavy atom. The molecule has 1 N–H and O–H groups in total. The van der Waals surface area contributed by atoms with E-state index in [4.69, 9.17) is 21.1 Å².